The predicted octanol–water partition coefficient (Wildman–Crippen LogP) is -0.0454. The van der Waals surface area contributed by atoms with Gasteiger partial charge in [-0.25, -0.2) is 0 Å². The second-order valence-corrected chi connectivity index (χ2v) is 4.49. The third-order valence-corrected chi connectivity index (χ3v) is 2.78. The van der Waals surface area contributed by atoms with Gasteiger partial charge in [0.15, 0.2) is 0 Å². The summed E-state index contributed by atoms with van der Waals surface area (Å²) >= 11 is 0. The van der Waals surface area contributed by atoms with Crippen LogP contribution in [0.3, 0.4) is 0 Å². The van der Waals surface area contributed by atoms with E-state index in [2.05, 4.69) is 0 Å². The van der Waals surface area contributed by atoms with E-state index in [1.807, 2.05) is 6.92 Å². The number of carbonyl (C=O) groups excluding carboxylic acids is 1. The summed E-state index contributed by atoms with van der Waals surface area (Å²) in [6, 6.07) is 0. The van der Waals surface area contributed by atoms with E-state index in [0.717, 1.165) is 6.42 Å². The molecule has 82 valence electrons. The second kappa shape index (κ2) is 4.28. The average Bonchev–Trinajstić information content (AvgIpc) is 2.45. The van der Waals surface area contributed by atoms with Gasteiger partial charge in [-0.2, -0.15) is 0 Å². The summed E-state index contributed by atoms with van der Waals surface area (Å²) in [4.78, 5) is 13.5. The SMILES string of the molecule is CC(CCN)C(=O)N1CCC(C)(O)C1. The third-order valence-electron chi connectivity index (χ3n) is 2.78. The molecule has 0 radical (unpaired) electrons. The van der Waals surface area contributed by atoms with Crippen LogP contribution in [-0.4, -0.2) is 41.1 Å². The van der Waals surface area contributed by atoms with Crippen LogP contribution >= 0.6 is 0 Å². The lowest BCUT2D eigenvalue weighted by molar-refractivity contribution is -0.134. The number of nitrogens with two attached hydrogens (primary N) is 1. The largest absolute Gasteiger partial charge is 0.388 e. The molecule has 1 aliphatic heterocycles. The van der Waals surface area contributed by atoms with Gasteiger partial charge in [0.25, 0.3) is 0 Å². The molecule has 2 atom stereocenters. The molecule has 4 heteroatoms. The van der Waals surface area contributed by atoms with Crippen molar-refractivity contribution in [1.29, 1.82) is 0 Å². The van der Waals surface area contributed by atoms with E-state index >= 15 is 0 Å². The topological polar surface area (TPSA) is 66.6 Å². The minimum atomic E-state index is -0.696. The Bertz CT molecular complexity index is 216. The number of nitrogens with zero attached hydrogens (tertiary/aromatic N) is 1. The van der Waals surface area contributed by atoms with Gasteiger partial charge in [-0.15, -0.1) is 0 Å². The highest BCUT2D eigenvalue weighted by Gasteiger charge is 2.35. The zero-order chi connectivity index (χ0) is 10.8. The monoisotopic (exact) mass is 200 g/mol. The molecule has 2 unspecified atom stereocenters. The molecule has 1 aliphatic rings. The van der Waals surface area contributed by atoms with Crippen LogP contribution < -0.4 is 5.73 Å². The Kier molecular flexibility index (Phi) is 3.50. The average molecular weight is 200 g/mol. The Hall–Kier alpha value is -0.610. The van der Waals surface area contributed by atoms with Crippen LogP contribution in [0.1, 0.15) is 26.7 Å². The van der Waals surface area contributed by atoms with E-state index in [9.17, 15) is 9.90 Å². The Morgan fingerprint density at radius 3 is 2.79 bits per heavy atom. The van der Waals surface area contributed by atoms with Gasteiger partial charge >= 0.3 is 0 Å². The highest BCUT2D eigenvalue weighted by Crippen LogP contribution is 2.22. The molecule has 1 saturated heterocycles. The fourth-order valence-corrected chi connectivity index (χ4v) is 1.82. The molecular weight excluding hydrogens is 180 g/mol. The Balaban J connectivity index is 2.47. The van der Waals surface area contributed by atoms with Crippen LogP contribution in [0.5, 0.6) is 0 Å². The van der Waals surface area contributed by atoms with Crippen molar-refractivity contribution in [2.45, 2.75) is 32.3 Å². The maximum atomic E-state index is 11.8. The molecule has 0 saturated carbocycles. The Morgan fingerprint density at radius 2 is 2.36 bits per heavy atom. The summed E-state index contributed by atoms with van der Waals surface area (Å²) in [7, 11) is 0. The van der Waals surface area contributed by atoms with E-state index in [1.54, 1.807) is 11.8 Å². The third kappa shape index (κ3) is 2.69. The van der Waals surface area contributed by atoms with Gasteiger partial charge in [0.1, 0.15) is 0 Å². The summed E-state index contributed by atoms with van der Waals surface area (Å²) in [5.74, 6) is 0.0992. The summed E-state index contributed by atoms with van der Waals surface area (Å²) in [5.41, 5.74) is 4.70. The zero-order valence-electron chi connectivity index (χ0n) is 8.99. The molecule has 14 heavy (non-hydrogen) atoms. The summed E-state index contributed by atoms with van der Waals surface area (Å²) < 4.78 is 0. The summed E-state index contributed by atoms with van der Waals surface area (Å²) in [6.07, 6.45) is 1.39. The molecule has 3 N–H and O–H groups in total. The summed E-state index contributed by atoms with van der Waals surface area (Å²) in [5, 5.41) is 9.71. The molecule has 1 rings (SSSR count). The molecule has 0 aliphatic carbocycles. The predicted molar refractivity (Wildman–Crippen MR) is 54.7 cm³/mol. The van der Waals surface area contributed by atoms with Gasteiger partial charge in [-0.3, -0.25) is 4.79 Å². The van der Waals surface area contributed by atoms with Gasteiger partial charge in [-0.1, -0.05) is 6.92 Å². The van der Waals surface area contributed by atoms with Gasteiger partial charge in [0.2, 0.25) is 5.91 Å². The standard InChI is InChI=1S/C10H20N2O2/c1-8(3-5-11)9(13)12-6-4-10(2,14)7-12/h8,14H,3-7,11H2,1-2H3. The molecule has 1 fully saturated rings. The van der Waals surface area contributed by atoms with Gasteiger partial charge in [0.05, 0.1) is 5.60 Å². The first-order valence-electron chi connectivity index (χ1n) is 5.17. The van der Waals surface area contributed by atoms with E-state index in [0.29, 0.717) is 26.1 Å². The number of amides is 1. The van der Waals surface area contributed by atoms with Crippen LogP contribution in [0.2, 0.25) is 0 Å². The maximum Gasteiger partial charge on any atom is 0.225 e. The molecule has 1 amide bonds. The first-order chi connectivity index (χ1) is 6.46. The molecule has 1 heterocycles. The van der Waals surface area contributed by atoms with Crippen molar-refractivity contribution < 1.29 is 9.90 Å². The van der Waals surface area contributed by atoms with Crippen LogP contribution in [-0.2, 0) is 4.79 Å². The zero-order valence-corrected chi connectivity index (χ0v) is 8.99. The fraction of sp³-hybridized carbons (Fsp3) is 0.900. The highest BCUT2D eigenvalue weighted by atomic mass is 16.3. The number of likely N-dealkylation sites (tertiary alicyclic amines) is 1. The highest BCUT2D eigenvalue weighted by molar-refractivity contribution is 5.78. The lowest BCUT2D eigenvalue weighted by atomic mass is 10.1. The van der Waals surface area contributed by atoms with Gasteiger partial charge in [0, 0.05) is 19.0 Å². The van der Waals surface area contributed by atoms with E-state index in [-0.39, 0.29) is 11.8 Å². The lowest BCUT2D eigenvalue weighted by Gasteiger charge is -2.22. The molecule has 4 nitrogen and oxygen atoms in total. The van der Waals surface area contributed by atoms with E-state index in [4.69, 9.17) is 5.73 Å². The Labute approximate surface area is 85.1 Å². The number of rotatable bonds is 3. The first kappa shape index (κ1) is 11.5. The maximum absolute atomic E-state index is 11.8. The first-order valence-corrected chi connectivity index (χ1v) is 5.17. The minimum absolute atomic E-state index is 0.0195. The van der Waals surface area contributed by atoms with Gasteiger partial charge < -0.3 is 15.7 Å². The van der Waals surface area contributed by atoms with Crippen molar-refractivity contribution in [1.82, 2.24) is 4.90 Å². The smallest absolute Gasteiger partial charge is 0.225 e. The number of β-amino-alcohol motifs (C(OH)–C–C–N with tert-alkyl or cyclic N) is 1. The van der Waals surface area contributed by atoms with Crippen molar-refractivity contribution in [3.8, 4) is 0 Å². The quantitative estimate of drug-likeness (QED) is 0.671. The molecule has 0 bridgehead atoms. The second-order valence-electron chi connectivity index (χ2n) is 4.49. The molecule has 0 aromatic carbocycles. The van der Waals surface area contributed by atoms with Crippen LogP contribution in [0, 0.1) is 5.92 Å². The van der Waals surface area contributed by atoms with Crippen molar-refractivity contribution >= 4 is 5.91 Å². The van der Waals surface area contributed by atoms with Crippen molar-refractivity contribution in [3.05, 3.63) is 0 Å². The van der Waals surface area contributed by atoms with Crippen LogP contribution in [0.25, 0.3) is 0 Å². The number of hydrogen-bond donors (Lipinski definition) is 2. The summed E-state index contributed by atoms with van der Waals surface area (Å²) in [6.45, 7) is 5.33. The van der Waals surface area contributed by atoms with Crippen LogP contribution in [0.4, 0.5) is 0 Å². The van der Waals surface area contributed by atoms with E-state index in [1.165, 1.54) is 0 Å². The van der Waals surface area contributed by atoms with Crippen molar-refractivity contribution in [2.75, 3.05) is 19.6 Å². The molecule has 0 aromatic rings. The Morgan fingerprint density at radius 1 is 1.71 bits per heavy atom. The normalized spacial score (nSPS) is 29.3. The number of aliphatic hydroxyl groups is 1. The van der Waals surface area contributed by atoms with Crippen molar-refractivity contribution in [3.63, 3.8) is 0 Å². The van der Waals surface area contributed by atoms with E-state index < -0.39 is 5.60 Å². The van der Waals surface area contributed by atoms with Crippen LogP contribution in [0.15, 0.2) is 0 Å². The van der Waals surface area contributed by atoms with Crippen molar-refractivity contribution in [2.24, 2.45) is 11.7 Å². The molecule has 0 aromatic heterocycles. The number of carbonyl (C=O) groups is 1. The minimum Gasteiger partial charge on any atom is -0.388 e. The lowest BCUT2D eigenvalue weighted by Crippen LogP contribution is -2.37. The molecule has 0 spiro atoms. The molecular formula is C10H20N2O2. The fourth-order valence-electron chi connectivity index (χ4n) is 1.82. The number of hydrogen-bond acceptors (Lipinski definition) is 3. The van der Waals surface area contributed by atoms with Gasteiger partial charge in [-0.05, 0) is 26.3 Å².